The van der Waals surface area contributed by atoms with Crippen LogP contribution >= 0.6 is 0 Å². The van der Waals surface area contributed by atoms with Crippen LogP contribution in [0.2, 0.25) is 0 Å². The molecule has 1 aromatic carbocycles. The number of benzene rings is 1. The molecule has 0 spiro atoms. The third-order valence-electron chi connectivity index (χ3n) is 2.92. The van der Waals surface area contributed by atoms with Gasteiger partial charge >= 0.3 is 0 Å². The second-order valence-electron chi connectivity index (χ2n) is 4.09. The maximum Gasteiger partial charge on any atom is 0.223 e. The molecule has 1 fully saturated rings. The van der Waals surface area contributed by atoms with Crippen molar-refractivity contribution in [2.75, 3.05) is 0 Å². The Morgan fingerprint density at radius 2 is 2.12 bits per heavy atom. The molecule has 1 saturated carbocycles. The van der Waals surface area contributed by atoms with Crippen LogP contribution in [0.25, 0.3) is 0 Å². The molecule has 1 aliphatic carbocycles. The van der Waals surface area contributed by atoms with Gasteiger partial charge in [-0.15, -0.1) is 0 Å². The number of carbonyl (C=O) groups is 1. The molecule has 0 unspecified atom stereocenters. The SMILES string of the molecule is NC(=O)[C@@H]1CCC[C]1OCc1ccccc1. The Balaban J connectivity index is 1.88. The predicted octanol–water partition coefficient (Wildman–Crippen LogP) is 2.02. The summed E-state index contributed by atoms with van der Waals surface area (Å²) in [4.78, 5) is 11.1. The second kappa shape index (κ2) is 5.12. The number of ether oxygens (including phenoxy) is 1. The van der Waals surface area contributed by atoms with E-state index in [4.69, 9.17) is 10.5 Å². The first kappa shape index (κ1) is 11.1. The topological polar surface area (TPSA) is 52.3 Å². The molecule has 0 aromatic heterocycles. The first-order valence-corrected chi connectivity index (χ1v) is 5.59. The van der Waals surface area contributed by atoms with Crippen LogP contribution in [0.3, 0.4) is 0 Å². The molecule has 1 aromatic rings. The highest BCUT2D eigenvalue weighted by Crippen LogP contribution is 2.34. The van der Waals surface area contributed by atoms with E-state index in [-0.39, 0.29) is 11.8 Å². The molecule has 16 heavy (non-hydrogen) atoms. The van der Waals surface area contributed by atoms with Crippen LogP contribution in [0.4, 0.5) is 0 Å². The van der Waals surface area contributed by atoms with Gasteiger partial charge in [0.15, 0.2) is 0 Å². The molecule has 2 N–H and O–H groups in total. The van der Waals surface area contributed by atoms with Gasteiger partial charge in [-0.2, -0.15) is 0 Å². The van der Waals surface area contributed by atoms with E-state index in [0.717, 1.165) is 30.9 Å². The molecule has 0 aliphatic heterocycles. The highest BCUT2D eigenvalue weighted by atomic mass is 16.5. The lowest BCUT2D eigenvalue weighted by Gasteiger charge is -2.16. The van der Waals surface area contributed by atoms with Crippen molar-refractivity contribution >= 4 is 5.91 Å². The van der Waals surface area contributed by atoms with Gasteiger partial charge in [0.2, 0.25) is 5.91 Å². The molecule has 2 rings (SSSR count). The Bertz CT molecular complexity index is 350. The average molecular weight is 218 g/mol. The number of primary amides is 1. The number of rotatable bonds is 4. The molecular weight excluding hydrogens is 202 g/mol. The van der Waals surface area contributed by atoms with Crippen molar-refractivity contribution in [3.05, 3.63) is 42.0 Å². The maximum absolute atomic E-state index is 11.1. The van der Waals surface area contributed by atoms with E-state index in [0.29, 0.717) is 6.61 Å². The standard InChI is InChI=1S/C13H16NO2/c14-13(15)11-7-4-8-12(11)16-9-10-5-2-1-3-6-10/h1-3,5-6,11H,4,7-9H2,(H2,14,15)/t11-/m1/s1. The molecule has 3 heteroatoms. The van der Waals surface area contributed by atoms with E-state index < -0.39 is 0 Å². The molecule has 1 atom stereocenters. The van der Waals surface area contributed by atoms with Crippen LogP contribution in [0.5, 0.6) is 0 Å². The minimum Gasteiger partial charge on any atom is -0.369 e. The lowest BCUT2D eigenvalue weighted by atomic mass is 10.1. The van der Waals surface area contributed by atoms with E-state index in [1.807, 2.05) is 30.3 Å². The van der Waals surface area contributed by atoms with Gasteiger partial charge in [-0.1, -0.05) is 30.3 Å². The zero-order valence-electron chi connectivity index (χ0n) is 9.19. The molecule has 0 bridgehead atoms. The summed E-state index contributed by atoms with van der Waals surface area (Å²) < 4.78 is 5.68. The van der Waals surface area contributed by atoms with Gasteiger partial charge in [-0.05, 0) is 24.8 Å². The summed E-state index contributed by atoms with van der Waals surface area (Å²) in [5, 5.41) is 0. The number of carbonyl (C=O) groups excluding carboxylic acids is 1. The third-order valence-corrected chi connectivity index (χ3v) is 2.92. The van der Waals surface area contributed by atoms with Gasteiger partial charge in [0.1, 0.15) is 6.10 Å². The van der Waals surface area contributed by atoms with E-state index in [1.54, 1.807) is 0 Å². The van der Waals surface area contributed by atoms with Crippen molar-refractivity contribution in [2.45, 2.75) is 25.9 Å². The van der Waals surface area contributed by atoms with Crippen molar-refractivity contribution in [1.82, 2.24) is 0 Å². The maximum atomic E-state index is 11.1. The van der Waals surface area contributed by atoms with Gasteiger partial charge in [-0.25, -0.2) is 0 Å². The quantitative estimate of drug-likeness (QED) is 0.840. The van der Waals surface area contributed by atoms with Gasteiger partial charge in [0, 0.05) is 0 Å². The fourth-order valence-corrected chi connectivity index (χ4v) is 2.04. The van der Waals surface area contributed by atoms with Crippen molar-refractivity contribution in [3.63, 3.8) is 0 Å². The predicted molar refractivity (Wildman–Crippen MR) is 61.0 cm³/mol. The number of hydrogen-bond acceptors (Lipinski definition) is 2. The lowest BCUT2D eigenvalue weighted by molar-refractivity contribution is -0.122. The third kappa shape index (κ3) is 2.61. The second-order valence-corrected chi connectivity index (χ2v) is 4.09. The molecular formula is C13H16NO2. The molecule has 1 amide bonds. The Morgan fingerprint density at radius 3 is 2.81 bits per heavy atom. The summed E-state index contributed by atoms with van der Waals surface area (Å²) >= 11 is 0. The highest BCUT2D eigenvalue weighted by Gasteiger charge is 2.33. The molecule has 0 heterocycles. The first-order chi connectivity index (χ1) is 7.77. The Kier molecular flexibility index (Phi) is 3.57. The molecule has 0 saturated heterocycles. The summed E-state index contributed by atoms with van der Waals surface area (Å²) in [6.07, 6.45) is 3.55. The molecule has 1 aliphatic rings. The van der Waals surface area contributed by atoms with Crippen LogP contribution in [0.15, 0.2) is 30.3 Å². The largest absolute Gasteiger partial charge is 0.369 e. The van der Waals surface area contributed by atoms with Crippen molar-refractivity contribution < 1.29 is 9.53 Å². The summed E-state index contributed by atoms with van der Waals surface area (Å²) in [5.74, 6) is -0.440. The molecule has 85 valence electrons. The van der Waals surface area contributed by atoms with Gasteiger partial charge in [-0.3, -0.25) is 4.79 Å². The van der Waals surface area contributed by atoms with E-state index in [2.05, 4.69) is 0 Å². The zero-order chi connectivity index (χ0) is 11.4. The van der Waals surface area contributed by atoms with E-state index in [9.17, 15) is 4.79 Å². The number of hydrogen-bond donors (Lipinski definition) is 1. The summed E-state index contributed by atoms with van der Waals surface area (Å²) in [6.45, 7) is 0.528. The van der Waals surface area contributed by atoms with Crippen LogP contribution in [0, 0.1) is 12.0 Å². The fraction of sp³-hybridized carbons (Fsp3) is 0.385. The summed E-state index contributed by atoms with van der Waals surface area (Å²) in [6, 6.07) is 9.94. The monoisotopic (exact) mass is 218 g/mol. The Hall–Kier alpha value is -1.35. The van der Waals surface area contributed by atoms with Gasteiger partial charge in [0.25, 0.3) is 0 Å². The van der Waals surface area contributed by atoms with E-state index >= 15 is 0 Å². The van der Waals surface area contributed by atoms with Crippen LogP contribution in [-0.2, 0) is 16.1 Å². The Morgan fingerprint density at radius 1 is 1.38 bits per heavy atom. The van der Waals surface area contributed by atoms with Crippen molar-refractivity contribution in [2.24, 2.45) is 11.7 Å². The number of amides is 1. The fourth-order valence-electron chi connectivity index (χ4n) is 2.04. The van der Waals surface area contributed by atoms with E-state index in [1.165, 1.54) is 0 Å². The highest BCUT2D eigenvalue weighted by molar-refractivity contribution is 5.78. The lowest BCUT2D eigenvalue weighted by Crippen LogP contribution is -2.26. The van der Waals surface area contributed by atoms with Gasteiger partial charge in [0.05, 0.1) is 12.5 Å². The number of nitrogens with two attached hydrogens (primary N) is 1. The van der Waals surface area contributed by atoms with Gasteiger partial charge < -0.3 is 10.5 Å². The average Bonchev–Trinajstić information content (AvgIpc) is 2.76. The summed E-state index contributed by atoms with van der Waals surface area (Å²) in [7, 11) is 0. The minimum absolute atomic E-state index is 0.177. The smallest absolute Gasteiger partial charge is 0.223 e. The first-order valence-electron chi connectivity index (χ1n) is 5.59. The minimum atomic E-state index is -0.263. The summed E-state index contributed by atoms with van der Waals surface area (Å²) in [5.41, 5.74) is 6.43. The van der Waals surface area contributed by atoms with Crippen LogP contribution in [0.1, 0.15) is 24.8 Å². The van der Waals surface area contributed by atoms with Crippen molar-refractivity contribution in [1.29, 1.82) is 0 Å². The van der Waals surface area contributed by atoms with Crippen LogP contribution in [-0.4, -0.2) is 5.91 Å². The van der Waals surface area contributed by atoms with Crippen LogP contribution < -0.4 is 5.73 Å². The molecule has 1 radical (unpaired) electrons. The molecule has 3 nitrogen and oxygen atoms in total. The van der Waals surface area contributed by atoms with Crippen molar-refractivity contribution in [3.8, 4) is 0 Å². The normalized spacial score (nSPS) is 21.1. The zero-order valence-corrected chi connectivity index (χ0v) is 9.19. The Labute approximate surface area is 95.6 Å².